The summed E-state index contributed by atoms with van der Waals surface area (Å²) >= 11 is 0. The van der Waals surface area contributed by atoms with Crippen LogP contribution >= 0.6 is 15.6 Å². The fourth-order valence-corrected chi connectivity index (χ4v) is 12.6. The summed E-state index contributed by atoms with van der Waals surface area (Å²) in [6, 6.07) is 0. The number of aliphatic hydroxyl groups excluding tert-OH is 1. The minimum absolute atomic E-state index is 0.0827. The van der Waals surface area contributed by atoms with Crippen LogP contribution in [0.25, 0.3) is 0 Å². The van der Waals surface area contributed by atoms with Gasteiger partial charge in [0.1, 0.15) is 19.3 Å². The molecular weight excluding hydrogens is 1280 g/mol. The normalized spacial score (nSPS) is 14.2. The van der Waals surface area contributed by atoms with E-state index in [0.717, 1.165) is 135 Å². The fraction of sp³-hybridized carbons (Fsp3) is 0.823. The third-order valence-electron chi connectivity index (χ3n) is 17.0. The third kappa shape index (κ3) is 71.2. The molecule has 572 valence electrons. The van der Waals surface area contributed by atoms with Gasteiger partial charge in [-0.05, 0) is 89.9 Å². The van der Waals surface area contributed by atoms with Crippen LogP contribution in [0.15, 0.2) is 60.8 Å². The molecule has 5 unspecified atom stereocenters. The van der Waals surface area contributed by atoms with E-state index in [1.165, 1.54) is 148 Å². The van der Waals surface area contributed by atoms with Crippen molar-refractivity contribution in [1.82, 2.24) is 0 Å². The smallest absolute Gasteiger partial charge is 0.462 e. The molecule has 0 rings (SSSR count). The van der Waals surface area contributed by atoms with Crippen LogP contribution in [0.1, 0.15) is 362 Å². The number of hydrogen-bond donors (Lipinski definition) is 3. The zero-order valence-electron chi connectivity index (χ0n) is 62.5. The molecule has 0 aromatic heterocycles. The molecule has 0 aliphatic carbocycles. The number of hydrogen-bond acceptors (Lipinski definition) is 15. The van der Waals surface area contributed by atoms with Gasteiger partial charge in [-0.3, -0.25) is 37.3 Å². The highest BCUT2D eigenvalue weighted by molar-refractivity contribution is 7.47. The van der Waals surface area contributed by atoms with Crippen molar-refractivity contribution in [2.75, 3.05) is 39.6 Å². The Hall–Kier alpha value is -3.24. The average molecular weight is 1430 g/mol. The molecule has 98 heavy (non-hydrogen) atoms. The van der Waals surface area contributed by atoms with Crippen molar-refractivity contribution in [3.05, 3.63) is 60.8 Å². The Bertz CT molecular complexity index is 2100. The average Bonchev–Trinajstić information content (AvgIpc) is 0.969. The summed E-state index contributed by atoms with van der Waals surface area (Å²) in [5.74, 6) is -2.17. The number of carbonyl (C=O) groups excluding carboxylic acids is 4. The minimum Gasteiger partial charge on any atom is -0.462 e. The summed E-state index contributed by atoms with van der Waals surface area (Å²) in [5.41, 5.74) is 0. The Morgan fingerprint density at radius 3 is 0.837 bits per heavy atom. The molecule has 0 bridgehead atoms. The van der Waals surface area contributed by atoms with Crippen molar-refractivity contribution < 1.29 is 80.2 Å². The number of phosphoric acid groups is 2. The van der Waals surface area contributed by atoms with Gasteiger partial charge in [0.25, 0.3) is 0 Å². The van der Waals surface area contributed by atoms with Gasteiger partial charge in [-0.2, -0.15) is 0 Å². The van der Waals surface area contributed by atoms with Gasteiger partial charge in [0, 0.05) is 25.7 Å². The molecule has 0 amide bonds. The highest BCUT2D eigenvalue weighted by atomic mass is 31.2. The lowest BCUT2D eigenvalue weighted by atomic mass is 10.0. The Labute approximate surface area is 597 Å². The summed E-state index contributed by atoms with van der Waals surface area (Å²) in [7, 11) is -9.94. The third-order valence-corrected chi connectivity index (χ3v) is 18.9. The van der Waals surface area contributed by atoms with E-state index < -0.39 is 97.5 Å². The zero-order chi connectivity index (χ0) is 71.8. The summed E-state index contributed by atoms with van der Waals surface area (Å²) in [5, 5.41) is 10.6. The molecular formula is C79H144O17P2. The molecule has 0 aliphatic rings. The van der Waals surface area contributed by atoms with E-state index in [4.69, 9.17) is 37.0 Å². The van der Waals surface area contributed by atoms with E-state index in [2.05, 4.69) is 88.5 Å². The lowest BCUT2D eigenvalue weighted by molar-refractivity contribution is -0.161. The lowest BCUT2D eigenvalue weighted by Gasteiger charge is -2.21. The number of allylic oxidation sites excluding steroid dienone is 10. The summed E-state index contributed by atoms with van der Waals surface area (Å²) in [6.07, 6.45) is 70.6. The van der Waals surface area contributed by atoms with Crippen molar-refractivity contribution in [2.45, 2.75) is 380 Å². The van der Waals surface area contributed by atoms with Crippen LogP contribution in [0, 0.1) is 0 Å². The summed E-state index contributed by atoms with van der Waals surface area (Å²) < 4.78 is 68.5. The molecule has 5 atom stereocenters. The van der Waals surface area contributed by atoms with Crippen molar-refractivity contribution >= 4 is 39.5 Å². The van der Waals surface area contributed by atoms with E-state index in [0.29, 0.717) is 25.7 Å². The van der Waals surface area contributed by atoms with Crippen LogP contribution in [0.5, 0.6) is 0 Å². The van der Waals surface area contributed by atoms with Crippen LogP contribution in [0.3, 0.4) is 0 Å². The molecule has 0 radical (unpaired) electrons. The van der Waals surface area contributed by atoms with E-state index in [1.54, 1.807) is 0 Å². The zero-order valence-corrected chi connectivity index (χ0v) is 64.3. The monoisotopic (exact) mass is 1430 g/mol. The van der Waals surface area contributed by atoms with E-state index in [9.17, 15) is 43.2 Å². The maximum absolute atomic E-state index is 13.1. The highest BCUT2D eigenvalue weighted by Crippen LogP contribution is 2.45. The molecule has 0 aromatic rings. The van der Waals surface area contributed by atoms with Crippen LogP contribution in [0.4, 0.5) is 0 Å². The van der Waals surface area contributed by atoms with Gasteiger partial charge in [0.2, 0.25) is 0 Å². The molecule has 0 saturated heterocycles. The van der Waals surface area contributed by atoms with Crippen molar-refractivity contribution in [3.8, 4) is 0 Å². The molecule has 17 nitrogen and oxygen atoms in total. The number of carbonyl (C=O) groups is 4. The largest absolute Gasteiger partial charge is 0.472 e. The molecule has 19 heteroatoms. The first kappa shape index (κ1) is 94.8. The lowest BCUT2D eigenvalue weighted by Crippen LogP contribution is -2.30. The summed E-state index contributed by atoms with van der Waals surface area (Å²) in [6.45, 7) is 4.78. The number of rotatable bonds is 75. The first-order chi connectivity index (χ1) is 47.7. The first-order valence-corrected chi connectivity index (χ1v) is 42.5. The maximum Gasteiger partial charge on any atom is 0.472 e. The Morgan fingerprint density at radius 2 is 0.531 bits per heavy atom. The highest BCUT2D eigenvalue weighted by Gasteiger charge is 2.30. The number of esters is 4. The predicted molar refractivity (Wildman–Crippen MR) is 400 cm³/mol. The quantitative estimate of drug-likeness (QED) is 0.0169. The first-order valence-electron chi connectivity index (χ1n) is 39.5. The number of aliphatic hydroxyl groups is 1. The Morgan fingerprint density at radius 1 is 0.296 bits per heavy atom. The summed E-state index contributed by atoms with van der Waals surface area (Å²) in [4.78, 5) is 72.9. The van der Waals surface area contributed by atoms with Crippen LogP contribution < -0.4 is 0 Å². The van der Waals surface area contributed by atoms with E-state index in [-0.39, 0.29) is 25.7 Å². The van der Waals surface area contributed by atoms with Crippen LogP contribution in [-0.2, 0) is 65.4 Å². The Kier molecular flexibility index (Phi) is 69.7. The molecule has 0 fully saturated rings. The van der Waals surface area contributed by atoms with Crippen molar-refractivity contribution in [3.63, 3.8) is 0 Å². The second-order valence-corrected chi connectivity index (χ2v) is 29.5. The second kappa shape index (κ2) is 72.1. The maximum atomic E-state index is 13.1. The number of phosphoric ester groups is 2. The van der Waals surface area contributed by atoms with Gasteiger partial charge < -0.3 is 33.8 Å². The van der Waals surface area contributed by atoms with E-state index >= 15 is 0 Å². The molecule has 3 N–H and O–H groups in total. The number of unbranched alkanes of at least 4 members (excludes halogenated alkanes) is 39. The predicted octanol–water partition coefficient (Wildman–Crippen LogP) is 22.7. The Balaban J connectivity index is 5.32. The molecule has 0 heterocycles. The minimum atomic E-state index is -4.97. The topological polar surface area (TPSA) is 237 Å². The van der Waals surface area contributed by atoms with Gasteiger partial charge in [-0.15, -0.1) is 0 Å². The van der Waals surface area contributed by atoms with Crippen molar-refractivity contribution in [2.24, 2.45) is 0 Å². The molecule has 0 spiro atoms. The fourth-order valence-electron chi connectivity index (χ4n) is 11.0. The van der Waals surface area contributed by atoms with Crippen LogP contribution in [-0.4, -0.2) is 96.7 Å². The molecule has 0 aliphatic heterocycles. The van der Waals surface area contributed by atoms with Crippen LogP contribution in [0.2, 0.25) is 0 Å². The SMILES string of the molecule is CC/C=C\C/C=C\C/C=C\C/C=C\CCCCCCC(=O)OCC(COP(=O)(O)OCC(O)COP(=O)(O)OCC(COC(=O)CCCCCCCCCCCCCCCCC)OC(=O)CCCCCCCCCCCCCCC)OC(=O)CCCCCCC/C=C\CCCCCC. The van der Waals surface area contributed by atoms with E-state index in [1.807, 2.05) is 0 Å². The second-order valence-electron chi connectivity index (χ2n) is 26.6. The van der Waals surface area contributed by atoms with Gasteiger partial charge in [0.15, 0.2) is 12.2 Å². The molecule has 0 aromatic carbocycles. The van der Waals surface area contributed by atoms with Gasteiger partial charge in [-0.1, -0.05) is 307 Å². The number of ether oxygens (including phenoxy) is 4. The van der Waals surface area contributed by atoms with Gasteiger partial charge in [-0.25, -0.2) is 9.13 Å². The standard InChI is InChI=1S/C79H144O17P2/c1-5-9-13-17-21-25-29-33-35-36-38-42-44-48-52-56-60-64-77(82)90-70-75(96-79(84)66-62-58-54-50-46-40-32-28-24-20-16-12-8-4)72-94-98(87,88)92-68-73(80)67-91-97(85,86)93-71-74(95-78(83)65-61-57-53-49-45-39-31-27-23-19-15-11-7-3)69-89-76(81)63-59-55-51-47-43-41-37-34-30-26-22-18-14-10-6-2/h9,13,21,25,28,32-33,35,38,42,73-75,80H,5-8,10-12,14-20,22-24,26-27,29-31,34,36-37,39-41,43-72H2,1-4H3,(H,85,86)(H,87,88)/b13-9-,25-21-,32-28-,35-33-,42-38-. The van der Waals surface area contributed by atoms with Gasteiger partial charge >= 0.3 is 39.5 Å². The van der Waals surface area contributed by atoms with Crippen molar-refractivity contribution in [1.29, 1.82) is 0 Å². The molecule has 0 saturated carbocycles. The van der Waals surface area contributed by atoms with Gasteiger partial charge in [0.05, 0.1) is 26.4 Å².